The van der Waals surface area contributed by atoms with E-state index in [2.05, 4.69) is 4.74 Å². The number of rotatable bonds is 6. The van der Waals surface area contributed by atoms with E-state index in [0.717, 1.165) is 19.3 Å². The third-order valence-corrected chi connectivity index (χ3v) is 9.00. The largest absolute Gasteiger partial charge is 0.748 e. The van der Waals surface area contributed by atoms with E-state index in [1.165, 1.54) is 0 Å². The molecule has 4 bridgehead atoms. The van der Waals surface area contributed by atoms with Crippen LogP contribution in [-0.2, 0) is 29.2 Å². The molecule has 2 unspecified atom stereocenters. The topological polar surface area (TPSA) is 110 Å². The number of esters is 2. The lowest BCUT2D eigenvalue weighted by Gasteiger charge is -2.56. The van der Waals surface area contributed by atoms with Gasteiger partial charge in [0.2, 0.25) is 0 Å². The van der Waals surface area contributed by atoms with Crippen LogP contribution in [-0.4, -0.2) is 54.2 Å². The lowest BCUT2D eigenvalue weighted by molar-refractivity contribution is -0.362. The Bertz CT molecular complexity index is 941. The highest BCUT2D eigenvalue weighted by Crippen LogP contribution is 2.57. The second-order valence-corrected chi connectivity index (χ2v) is 12.4. The first-order valence-corrected chi connectivity index (χ1v) is 13.5. The van der Waals surface area contributed by atoms with Crippen LogP contribution in [0.2, 0.25) is 0 Å². The molecule has 36 heavy (non-hydrogen) atoms. The zero-order valence-corrected chi connectivity index (χ0v) is 20.0. The maximum absolute atomic E-state index is 13.6. The van der Waals surface area contributed by atoms with E-state index in [-0.39, 0.29) is 19.3 Å². The molecule has 0 saturated heterocycles. The van der Waals surface area contributed by atoms with E-state index in [1.807, 2.05) is 0 Å². The van der Waals surface area contributed by atoms with Crippen LogP contribution in [0, 0.1) is 29.6 Å². The fourth-order valence-electron chi connectivity index (χ4n) is 7.11. The Morgan fingerprint density at radius 3 is 1.61 bits per heavy atom. The van der Waals surface area contributed by atoms with Gasteiger partial charge < -0.3 is 14.0 Å². The van der Waals surface area contributed by atoms with Gasteiger partial charge in [0.05, 0.1) is 27.7 Å². The quantitative estimate of drug-likeness (QED) is 0.277. The number of carbonyl (C=O) groups excluding carboxylic acids is 2. The molecule has 0 amide bonds. The molecule has 7 nitrogen and oxygen atoms in total. The van der Waals surface area contributed by atoms with Gasteiger partial charge in [-0.25, -0.2) is 8.42 Å². The Morgan fingerprint density at radius 2 is 1.22 bits per heavy atom. The first-order valence-electron chi connectivity index (χ1n) is 12.0. The van der Waals surface area contributed by atoms with Crippen LogP contribution in [0.5, 0.6) is 0 Å². The van der Waals surface area contributed by atoms with E-state index in [9.17, 15) is 48.9 Å². The molecular weight excluding hydrogens is 522 g/mol. The molecular formula is C22H27F6O7S-. The smallest absolute Gasteiger partial charge is 0.438 e. The van der Waals surface area contributed by atoms with Gasteiger partial charge in [0, 0.05) is 0 Å². The molecule has 5 aliphatic rings. The maximum Gasteiger partial charge on any atom is 0.438 e. The normalized spacial score (nSPS) is 34.9. The lowest BCUT2D eigenvalue weighted by atomic mass is 9.54. The number of hydrogen-bond donors (Lipinski definition) is 0. The van der Waals surface area contributed by atoms with Crippen molar-refractivity contribution < 1.29 is 58.4 Å². The van der Waals surface area contributed by atoms with Crippen LogP contribution >= 0.6 is 0 Å². The molecule has 0 radical (unpaired) electrons. The molecule has 0 aromatic heterocycles. The van der Waals surface area contributed by atoms with E-state index in [4.69, 9.17) is 4.74 Å². The summed E-state index contributed by atoms with van der Waals surface area (Å²) in [5.74, 6) is -7.80. The molecule has 0 N–H and O–H groups in total. The van der Waals surface area contributed by atoms with E-state index in [1.54, 1.807) is 0 Å². The molecule has 0 aromatic rings. The molecule has 14 heteroatoms. The van der Waals surface area contributed by atoms with Crippen LogP contribution in [0.4, 0.5) is 26.3 Å². The monoisotopic (exact) mass is 549 g/mol. The Labute approximate surface area is 204 Å². The second-order valence-electron chi connectivity index (χ2n) is 11.0. The van der Waals surface area contributed by atoms with Crippen molar-refractivity contribution in [1.82, 2.24) is 0 Å². The van der Waals surface area contributed by atoms with Crippen molar-refractivity contribution in [1.29, 1.82) is 0 Å². The van der Waals surface area contributed by atoms with Gasteiger partial charge in [0.25, 0.3) is 0 Å². The third kappa shape index (κ3) is 5.21. The molecule has 5 saturated carbocycles. The number of carbonyl (C=O) groups is 2. The van der Waals surface area contributed by atoms with Gasteiger partial charge in [-0.2, -0.15) is 26.3 Å². The number of alkyl halides is 6. The van der Waals surface area contributed by atoms with Crippen molar-refractivity contribution in [3.63, 3.8) is 0 Å². The Hall–Kier alpha value is -1.57. The van der Waals surface area contributed by atoms with E-state index >= 15 is 0 Å². The molecule has 5 aliphatic carbocycles. The zero-order valence-electron chi connectivity index (χ0n) is 19.2. The first-order chi connectivity index (χ1) is 16.4. The number of hydrogen-bond acceptors (Lipinski definition) is 7. The summed E-state index contributed by atoms with van der Waals surface area (Å²) < 4.78 is 124. The summed E-state index contributed by atoms with van der Waals surface area (Å²) in [5, 5.41) is 0. The molecule has 5 fully saturated rings. The molecule has 0 heterocycles. The molecule has 0 spiro atoms. The summed E-state index contributed by atoms with van der Waals surface area (Å²) in [4.78, 5) is 25.9. The minimum Gasteiger partial charge on any atom is -0.748 e. The van der Waals surface area contributed by atoms with Crippen LogP contribution in [0.25, 0.3) is 0 Å². The van der Waals surface area contributed by atoms with Crippen molar-refractivity contribution in [3.8, 4) is 0 Å². The van der Waals surface area contributed by atoms with E-state index in [0.29, 0.717) is 43.4 Å². The third-order valence-electron chi connectivity index (χ3n) is 8.24. The summed E-state index contributed by atoms with van der Waals surface area (Å²) in [6.07, 6.45) is -7.51. The van der Waals surface area contributed by atoms with Gasteiger partial charge >= 0.3 is 29.9 Å². The van der Waals surface area contributed by atoms with E-state index < -0.39 is 63.2 Å². The highest BCUT2D eigenvalue weighted by molar-refractivity contribution is 7.85. The molecule has 5 rings (SSSR count). The SMILES string of the molecule is O=C(OC12CC3CC(CC(C3)C1)C2)C1CCCCC1C(=O)OC(CS(=O)(=O)[O-])(C(F)(F)F)C(F)(F)F. The summed E-state index contributed by atoms with van der Waals surface area (Å²) >= 11 is 0. The molecule has 0 aliphatic heterocycles. The van der Waals surface area contributed by atoms with Crippen LogP contribution in [0.3, 0.4) is 0 Å². The predicted octanol–water partition coefficient (Wildman–Crippen LogP) is 4.26. The lowest BCUT2D eigenvalue weighted by Crippen LogP contribution is -2.64. The minimum absolute atomic E-state index is 0.00411. The average molecular weight is 550 g/mol. The number of halogens is 6. The Balaban J connectivity index is 1.56. The van der Waals surface area contributed by atoms with Crippen molar-refractivity contribution in [2.24, 2.45) is 29.6 Å². The average Bonchev–Trinajstić information content (AvgIpc) is 2.69. The van der Waals surface area contributed by atoms with Crippen LogP contribution in [0.1, 0.15) is 64.2 Å². The van der Waals surface area contributed by atoms with Gasteiger partial charge in [0.1, 0.15) is 5.60 Å². The number of ether oxygens (including phenoxy) is 2. The van der Waals surface area contributed by atoms with Crippen molar-refractivity contribution >= 4 is 22.1 Å². The van der Waals surface area contributed by atoms with Gasteiger partial charge in [0.15, 0.2) is 0 Å². The highest BCUT2D eigenvalue weighted by atomic mass is 32.2. The van der Waals surface area contributed by atoms with Gasteiger partial charge in [-0.3, -0.25) is 9.59 Å². The zero-order chi connectivity index (χ0) is 26.7. The Kier molecular flexibility index (Phi) is 6.88. The summed E-state index contributed by atoms with van der Waals surface area (Å²) in [7, 11) is -6.14. The predicted molar refractivity (Wildman–Crippen MR) is 108 cm³/mol. The Morgan fingerprint density at radius 1 is 0.806 bits per heavy atom. The maximum atomic E-state index is 13.6. The van der Waals surface area contributed by atoms with Gasteiger partial charge in [-0.1, -0.05) is 12.8 Å². The molecule has 0 aromatic carbocycles. The van der Waals surface area contributed by atoms with Crippen molar-refractivity contribution in [2.75, 3.05) is 5.75 Å². The van der Waals surface area contributed by atoms with Gasteiger partial charge in [-0.15, -0.1) is 0 Å². The van der Waals surface area contributed by atoms with Crippen molar-refractivity contribution in [2.45, 2.75) is 87.8 Å². The fraction of sp³-hybridized carbons (Fsp3) is 0.909. The highest BCUT2D eigenvalue weighted by Gasteiger charge is 2.75. The summed E-state index contributed by atoms with van der Waals surface area (Å²) in [6, 6.07) is 0. The standard InChI is InChI=1S/C22H28F6O7S/c23-21(24,25)20(22(26,27)28,11-36(31,32)33)35-18(30)16-4-2-1-3-15(16)17(29)34-19-8-12-5-13(9-19)7-14(6-12)10-19/h12-16H,1-11H2,(H,31,32,33)/p-1. The second kappa shape index (κ2) is 9.02. The summed E-state index contributed by atoms with van der Waals surface area (Å²) in [6.45, 7) is 0. The van der Waals surface area contributed by atoms with Crippen LogP contribution in [0.15, 0.2) is 0 Å². The van der Waals surface area contributed by atoms with Crippen LogP contribution < -0.4 is 0 Å². The first kappa shape index (κ1) is 27.5. The minimum atomic E-state index is -6.46. The molecule has 2 atom stereocenters. The van der Waals surface area contributed by atoms with Crippen molar-refractivity contribution in [3.05, 3.63) is 0 Å². The molecule has 206 valence electrons. The summed E-state index contributed by atoms with van der Waals surface area (Å²) in [5.41, 5.74) is -6.29. The fourth-order valence-corrected chi connectivity index (χ4v) is 7.99. The van der Waals surface area contributed by atoms with Gasteiger partial charge in [-0.05, 0) is 69.1 Å².